The molecule has 156 valence electrons. The van der Waals surface area contributed by atoms with Crippen LogP contribution in [0, 0.1) is 12.8 Å². The maximum absolute atomic E-state index is 11.0. The molecule has 0 spiro atoms. The molecule has 2 unspecified atom stereocenters. The molecule has 3 aliphatic rings. The Hall–Kier alpha value is -2.50. The van der Waals surface area contributed by atoms with Crippen LogP contribution < -0.4 is 0 Å². The van der Waals surface area contributed by atoms with Gasteiger partial charge in [0.05, 0.1) is 11.5 Å². The molecule has 6 rings (SSSR count). The standard InChI is InChI=1S/C25H29N3O2/c1-18-26-27-24(30-18)25(20-8-4-2-5-9-20,21-10-6-3-7-11-21)15-12-22-23(29)19-13-16-28(22)17-14-19/h2-11,19,22-23,29H,12-17H2,1H3. The number of aryl methyl sites for hydroxylation is 1. The minimum absolute atomic E-state index is 0.188. The first-order chi connectivity index (χ1) is 14.7. The monoisotopic (exact) mass is 403 g/mol. The first kappa shape index (κ1) is 19.5. The van der Waals surface area contributed by atoms with Crippen molar-refractivity contribution in [1.82, 2.24) is 15.1 Å². The Morgan fingerprint density at radius 2 is 1.57 bits per heavy atom. The number of nitrogens with zero attached hydrogens (tertiary/aromatic N) is 3. The molecule has 3 fully saturated rings. The summed E-state index contributed by atoms with van der Waals surface area (Å²) < 4.78 is 6.09. The Morgan fingerprint density at radius 1 is 0.967 bits per heavy atom. The van der Waals surface area contributed by atoms with Gasteiger partial charge >= 0.3 is 0 Å². The Bertz CT molecular complexity index is 923. The number of piperidine rings is 3. The zero-order valence-electron chi connectivity index (χ0n) is 17.4. The van der Waals surface area contributed by atoms with Crippen LogP contribution in [-0.4, -0.2) is 45.4 Å². The Balaban J connectivity index is 1.59. The van der Waals surface area contributed by atoms with E-state index in [0.717, 1.165) is 49.9 Å². The topological polar surface area (TPSA) is 62.4 Å². The number of hydrogen-bond donors (Lipinski definition) is 1. The van der Waals surface area contributed by atoms with Crippen LogP contribution in [0.25, 0.3) is 0 Å². The number of aliphatic hydroxyl groups excluding tert-OH is 1. The van der Waals surface area contributed by atoms with Crippen LogP contribution in [0.2, 0.25) is 0 Å². The first-order valence-electron chi connectivity index (χ1n) is 11.0. The van der Waals surface area contributed by atoms with E-state index in [4.69, 9.17) is 4.42 Å². The van der Waals surface area contributed by atoms with E-state index in [1.165, 1.54) is 0 Å². The van der Waals surface area contributed by atoms with Gasteiger partial charge in [-0.25, -0.2) is 0 Å². The van der Waals surface area contributed by atoms with Gasteiger partial charge in [0.1, 0.15) is 0 Å². The molecule has 2 atom stereocenters. The minimum Gasteiger partial charge on any atom is -0.424 e. The molecule has 5 heteroatoms. The predicted molar refractivity (Wildman–Crippen MR) is 115 cm³/mol. The molecule has 1 N–H and O–H groups in total. The third-order valence-electron chi connectivity index (χ3n) is 7.16. The summed E-state index contributed by atoms with van der Waals surface area (Å²) in [6.07, 6.45) is 3.66. The fraction of sp³-hybridized carbons (Fsp3) is 0.440. The number of rotatable bonds is 6. The normalized spacial score (nSPS) is 26.1. The molecule has 1 aromatic heterocycles. The van der Waals surface area contributed by atoms with Crippen LogP contribution in [0.4, 0.5) is 0 Å². The molecule has 2 aromatic carbocycles. The molecule has 0 aliphatic carbocycles. The van der Waals surface area contributed by atoms with E-state index in [1.807, 2.05) is 19.1 Å². The molecular formula is C25H29N3O2. The van der Waals surface area contributed by atoms with Crippen molar-refractivity contribution in [2.24, 2.45) is 5.92 Å². The highest BCUT2D eigenvalue weighted by atomic mass is 16.4. The molecule has 0 saturated carbocycles. The first-order valence-corrected chi connectivity index (χ1v) is 11.0. The summed E-state index contributed by atoms with van der Waals surface area (Å²) in [7, 11) is 0. The molecule has 4 heterocycles. The number of benzene rings is 2. The average molecular weight is 404 g/mol. The van der Waals surface area contributed by atoms with Gasteiger partial charge in [-0.05, 0) is 55.8 Å². The van der Waals surface area contributed by atoms with Gasteiger partial charge in [-0.15, -0.1) is 10.2 Å². The van der Waals surface area contributed by atoms with Crippen molar-refractivity contribution in [3.63, 3.8) is 0 Å². The summed E-state index contributed by atoms with van der Waals surface area (Å²) in [6.45, 7) is 4.03. The van der Waals surface area contributed by atoms with E-state index >= 15 is 0 Å². The number of aliphatic hydroxyl groups is 1. The Morgan fingerprint density at radius 3 is 2.07 bits per heavy atom. The lowest BCUT2D eigenvalue weighted by Crippen LogP contribution is -2.58. The van der Waals surface area contributed by atoms with Crippen LogP contribution in [0.3, 0.4) is 0 Å². The van der Waals surface area contributed by atoms with E-state index in [0.29, 0.717) is 17.7 Å². The van der Waals surface area contributed by atoms with Crippen molar-refractivity contribution >= 4 is 0 Å². The van der Waals surface area contributed by atoms with Gasteiger partial charge in [-0.3, -0.25) is 4.90 Å². The molecule has 5 nitrogen and oxygen atoms in total. The maximum atomic E-state index is 11.0. The molecule has 0 radical (unpaired) electrons. The van der Waals surface area contributed by atoms with E-state index in [9.17, 15) is 5.11 Å². The summed E-state index contributed by atoms with van der Waals surface area (Å²) in [6, 6.07) is 21.1. The van der Waals surface area contributed by atoms with Crippen LogP contribution in [-0.2, 0) is 5.41 Å². The van der Waals surface area contributed by atoms with Gasteiger partial charge < -0.3 is 9.52 Å². The van der Waals surface area contributed by atoms with Gasteiger partial charge in [-0.1, -0.05) is 60.7 Å². The number of aromatic nitrogens is 2. The van der Waals surface area contributed by atoms with E-state index in [1.54, 1.807) is 0 Å². The molecule has 3 saturated heterocycles. The van der Waals surface area contributed by atoms with Crippen molar-refractivity contribution in [3.8, 4) is 0 Å². The van der Waals surface area contributed by atoms with E-state index in [-0.39, 0.29) is 12.1 Å². The highest BCUT2D eigenvalue weighted by molar-refractivity contribution is 5.45. The second-order valence-electron chi connectivity index (χ2n) is 8.73. The third-order valence-corrected chi connectivity index (χ3v) is 7.16. The summed E-state index contributed by atoms with van der Waals surface area (Å²) in [5.41, 5.74) is 1.75. The number of fused-ring (bicyclic) bond motifs is 3. The minimum atomic E-state index is -0.540. The van der Waals surface area contributed by atoms with Crippen molar-refractivity contribution < 1.29 is 9.52 Å². The van der Waals surface area contributed by atoms with Gasteiger partial charge in [-0.2, -0.15) is 0 Å². The van der Waals surface area contributed by atoms with Gasteiger partial charge in [0.25, 0.3) is 0 Å². The van der Waals surface area contributed by atoms with Crippen molar-refractivity contribution in [2.45, 2.75) is 50.2 Å². The molecule has 3 aliphatic heterocycles. The van der Waals surface area contributed by atoms with E-state index < -0.39 is 5.41 Å². The van der Waals surface area contributed by atoms with Crippen LogP contribution in [0.15, 0.2) is 65.1 Å². The van der Waals surface area contributed by atoms with Crippen LogP contribution in [0.5, 0.6) is 0 Å². The SMILES string of the molecule is Cc1nnc(C(CCC2C(O)C3CCN2CC3)(c2ccccc2)c2ccccc2)o1. The van der Waals surface area contributed by atoms with Crippen molar-refractivity contribution in [2.75, 3.05) is 13.1 Å². The fourth-order valence-electron chi connectivity index (χ4n) is 5.56. The van der Waals surface area contributed by atoms with Gasteiger partial charge in [0.2, 0.25) is 11.8 Å². The zero-order chi connectivity index (χ0) is 20.6. The lowest BCUT2D eigenvalue weighted by molar-refractivity contribution is -0.0762. The maximum Gasteiger partial charge on any atom is 0.231 e. The molecule has 2 bridgehead atoms. The second-order valence-corrected chi connectivity index (χ2v) is 8.73. The van der Waals surface area contributed by atoms with Gasteiger partial charge in [0, 0.05) is 13.0 Å². The average Bonchev–Trinajstić information content (AvgIpc) is 3.24. The second kappa shape index (κ2) is 7.97. The highest BCUT2D eigenvalue weighted by Crippen LogP contribution is 2.44. The molecular weight excluding hydrogens is 374 g/mol. The number of hydrogen-bond acceptors (Lipinski definition) is 5. The van der Waals surface area contributed by atoms with Crippen LogP contribution >= 0.6 is 0 Å². The molecule has 0 amide bonds. The lowest BCUT2D eigenvalue weighted by Gasteiger charge is -2.49. The smallest absolute Gasteiger partial charge is 0.231 e. The van der Waals surface area contributed by atoms with Gasteiger partial charge in [0.15, 0.2) is 0 Å². The summed E-state index contributed by atoms with van der Waals surface area (Å²) in [5, 5.41) is 19.7. The predicted octanol–water partition coefficient (Wildman–Crippen LogP) is 3.95. The quantitative estimate of drug-likeness (QED) is 0.675. The molecule has 30 heavy (non-hydrogen) atoms. The van der Waals surface area contributed by atoms with E-state index in [2.05, 4.69) is 63.6 Å². The zero-order valence-corrected chi connectivity index (χ0v) is 17.4. The van der Waals surface area contributed by atoms with Crippen molar-refractivity contribution in [1.29, 1.82) is 0 Å². The highest BCUT2D eigenvalue weighted by Gasteiger charge is 2.45. The third kappa shape index (κ3) is 3.26. The summed E-state index contributed by atoms with van der Waals surface area (Å²) >= 11 is 0. The Kier molecular flexibility index (Phi) is 5.17. The largest absolute Gasteiger partial charge is 0.424 e. The molecule has 3 aromatic rings. The van der Waals surface area contributed by atoms with Crippen molar-refractivity contribution in [3.05, 3.63) is 83.6 Å². The van der Waals surface area contributed by atoms with Crippen LogP contribution in [0.1, 0.15) is 48.6 Å². The summed E-state index contributed by atoms with van der Waals surface area (Å²) in [4.78, 5) is 2.48. The fourth-order valence-corrected chi connectivity index (χ4v) is 5.56. The lowest BCUT2D eigenvalue weighted by atomic mass is 9.69. The Labute approximate surface area is 177 Å². The summed E-state index contributed by atoms with van der Waals surface area (Å²) in [5.74, 6) is 1.64.